The topological polar surface area (TPSA) is 41.5 Å². The molecule has 0 radical (unpaired) electrons. The van der Waals surface area contributed by atoms with Gasteiger partial charge in [0, 0.05) is 11.4 Å². The molecule has 0 heterocycles. The Morgan fingerprint density at radius 2 is 1.95 bits per heavy atom. The molecule has 108 valence electrons. The van der Waals surface area contributed by atoms with Crippen LogP contribution in [-0.2, 0) is 0 Å². The normalized spacial score (nSPS) is 12.5. The highest BCUT2D eigenvalue weighted by atomic mass is 16.5. The Bertz CT molecular complexity index is 522. The van der Waals surface area contributed by atoms with Crippen LogP contribution >= 0.6 is 0 Å². The summed E-state index contributed by atoms with van der Waals surface area (Å²) in [4.78, 5) is 0. The summed E-state index contributed by atoms with van der Waals surface area (Å²) in [5.74, 6) is 0.912. The fourth-order valence-corrected chi connectivity index (χ4v) is 2.24. The van der Waals surface area contributed by atoms with Crippen LogP contribution < -0.4 is 10.1 Å². The Kier molecular flexibility index (Phi) is 5.84. The minimum Gasteiger partial charge on any atom is -0.493 e. The average Bonchev–Trinajstić information content (AvgIpc) is 2.51. The molecule has 1 atom stereocenters. The van der Waals surface area contributed by atoms with Gasteiger partial charge in [0.05, 0.1) is 13.2 Å². The third kappa shape index (κ3) is 3.95. The summed E-state index contributed by atoms with van der Waals surface area (Å²) < 4.78 is 5.88. The molecule has 0 bridgehead atoms. The van der Waals surface area contributed by atoms with Crippen LogP contribution in [0.4, 0.5) is 0 Å². The van der Waals surface area contributed by atoms with Crippen molar-refractivity contribution in [1.82, 2.24) is 5.32 Å². The summed E-state index contributed by atoms with van der Waals surface area (Å²) in [6, 6.07) is 14.4. The van der Waals surface area contributed by atoms with Crippen LogP contribution in [0.1, 0.15) is 19.8 Å². The van der Waals surface area contributed by atoms with E-state index in [0.29, 0.717) is 6.61 Å². The van der Waals surface area contributed by atoms with Gasteiger partial charge in [-0.25, -0.2) is 0 Å². The van der Waals surface area contributed by atoms with Crippen LogP contribution in [0.15, 0.2) is 42.5 Å². The van der Waals surface area contributed by atoms with Crippen molar-refractivity contribution < 1.29 is 9.84 Å². The molecule has 0 spiro atoms. The van der Waals surface area contributed by atoms with Gasteiger partial charge < -0.3 is 15.2 Å². The Balaban J connectivity index is 1.92. The largest absolute Gasteiger partial charge is 0.493 e. The lowest BCUT2D eigenvalue weighted by atomic mass is 10.1. The second kappa shape index (κ2) is 7.88. The lowest BCUT2D eigenvalue weighted by Crippen LogP contribution is -2.34. The summed E-state index contributed by atoms with van der Waals surface area (Å²) in [5.41, 5.74) is 0. The molecular weight excluding hydrogens is 250 g/mol. The third-order valence-electron chi connectivity index (χ3n) is 3.38. The Morgan fingerprint density at radius 1 is 1.15 bits per heavy atom. The molecule has 0 aliphatic carbocycles. The summed E-state index contributed by atoms with van der Waals surface area (Å²) in [6.07, 6.45) is 1.88. The first-order valence-electron chi connectivity index (χ1n) is 7.30. The Labute approximate surface area is 120 Å². The minimum absolute atomic E-state index is 0.116. The van der Waals surface area contributed by atoms with Gasteiger partial charge in [0.2, 0.25) is 0 Å². The zero-order valence-corrected chi connectivity index (χ0v) is 12.0. The highest BCUT2D eigenvalue weighted by molar-refractivity contribution is 5.88. The van der Waals surface area contributed by atoms with Gasteiger partial charge in [0.25, 0.3) is 0 Å². The number of rotatable bonds is 8. The van der Waals surface area contributed by atoms with E-state index in [1.165, 1.54) is 5.39 Å². The van der Waals surface area contributed by atoms with Gasteiger partial charge in [-0.05, 0) is 30.8 Å². The van der Waals surface area contributed by atoms with Crippen LogP contribution in [0.5, 0.6) is 5.75 Å². The maximum Gasteiger partial charge on any atom is 0.127 e. The van der Waals surface area contributed by atoms with E-state index in [1.54, 1.807) is 0 Å². The fraction of sp³-hybridized carbons (Fsp3) is 0.412. The van der Waals surface area contributed by atoms with Crippen LogP contribution in [0, 0.1) is 0 Å². The maximum absolute atomic E-state index is 9.30. The molecule has 0 fully saturated rings. The van der Waals surface area contributed by atoms with Gasteiger partial charge in [-0.3, -0.25) is 0 Å². The van der Waals surface area contributed by atoms with Crippen molar-refractivity contribution in [1.29, 1.82) is 0 Å². The molecule has 0 saturated carbocycles. The van der Waals surface area contributed by atoms with Crippen molar-refractivity contribution in [2.75, 3.05) is 19.8 Å². The molecule has 2 aromatic rings. The van der Waals surface area contributed by atoms with Gasteiger partial charge in [0.15, 0.2) is 0 Å². The number of aliphatic hydroxyl groups excluding tert-OH is 1. The number of benzene rings is 2. The predicted octanol–water partition coefficient (Wildman–Crippen LogP) is 2.97. The molecule has 0 amide bonds. The number of hydrogen-bond acceptors (Lipinski definition) is 3. The van der Waals surface area contributed by atoms with Gasteiger partial charge in [0.1, 0.15) is 5.75 Å². The second-order valence-corrected chi connectivity index (χ2v) is 4.95. The van der Waals surface area contributed by atoms with E-state index >= 15 is 0 Å². The lowest BCUT2D eigenvalue weighted by molar-refractivity contribution is 0.209. The van der Waals surface area contributed by atoms with Crippen molar-refractivity contribution in [3.63, 3.8) is 0 Å². The standard InChI is InChI=1S/C17H23NO2/c1-2-11-18-15(13-19)10-12-20-17-9-5-7-14-6-3-4-8-16(14)17/h3-9,15,18-19H,2,10-13H2,1H3. The molecule has 3 heteroatoms. The van der Waals surface area contributed by atoms with Crippen molar-refractivity contribution in [2.45, 2.75) is 25.8 Å². The predicted molar refractivity (Wildman–Crippen MR) is 83.2 cm³/mol. The molecule has 0 aliphatic rings. The number of ether oxygens (including phenoxy) is 1. The Hall–Kier alpha value is -1.58. The average molecular weight is 273 g/mol. The quantitative estimate of drug-likeness (QED) is 0.777. The van der Waals surface area contributed by atoms with E-state index in [1.807, 2.05) is 24.3 Å². The van der Waals surface area contributed by atoms with E-state index in [9.17, 15) is 5.11 Å². The number of aliphatic hydroxyl groups is 1. The molecule has 2 N–H and O–H groups in total. The number of hydrogen-bond donors (Lipinski definition) is 2. The lowest BCUT2D eigenvalue weighted by Gasteiger charge is -2.16. The maximum atomic E-state index is 9.30. The van der Waals surface area contributed by atoms with E-state index in [0.717, 1.165) is 30.5 Å². The van der Waals surface area contributed by atoms with Gasteiger partial charge in [-0.2, -0.15) is 0 Å². The first kappa shape index (κ1) is 14.8. The highest BCUT2D eigenvalue weighted by Gasteiger charge is 2.07. The third-order valence-corrected chi connectivity index (χ3v) is 3.38. The fourth-order valence-electron chi connectivity index (χ4n) is 2.24. The van der Waals surface area contributed by atoms with Crippen LogP contribution in [0.3, 0.4) is 0 Å². The zero-order chi connectivity index (χ0) is 14.2. The molecular formula is C17H23NO2. The van der Waals surface area contributed by atoms with Crippen LogP contribution in [-0.4, -0.2) is 30.9 Å². The van der Waals surface area contributed by atoms with E-state index < -0.39 is 0 Å². The van der Waals surface area contributed by atoms with E-state index in [4.69, 9.17) is 4.74 Å². The van der Waals surface area contributed by atoms with Gasteiger partial charge >= 0.3 is 0 Å². The van der Waals surface area contributed by atoms with Gasteiger partial charge in [-0.15, -0.1) is 0 Å². The summed E-state index contributed by atoms with van der Waals surface area (Å²) in [7, 11) is 0. The van der Waals surface area contributed by atoms with Crippen LogP contribution in [0.2, 0.25) is 0 Å². The SMILES string of the molecule is CCCNC(CO)CCOc1cccc2ccccc12. The molecule has 0 aromatic heterocycles. The summed E-state index contributed by atoms with van der Waals surface area (Å²) in [6.45, 7) is 3.81. The molecule has 0 saturated heterocycles. The van der Waals surface area contributed by atoms with Crippen LogP contribution in [0.25, 0.3) is 10.8 Å². The first-order valence-corrected chi connectivity index (χ1v) is 7.30. The molecule has 2 rings (SSSR count). The molecule has 0 aliphatic heterocycles. The van der Waals surface area contributed by atoms with E-state index in [2.05, 4.69) is 30.4 Å². The zero-order valence-electron chi connectivity index (χ0n) is 12.0. The second-order valence-electron chi connectivity index (χ2n) is 4.95. The summed E-state index contributed by atoms with van der Waals surface area (Å²) in [5, 5.41) is 14.9. The minimum atomic E-state index is 0.116. The summed E-state index contributed by atoms with van der Waals surface area (Å²) >= 11 is 0. The van der Waals surface area contributed by atoms with Crippen molar-refractivity contribution in [3.8, 4) is 5.75 Å². The molecule has 20 heavy (non-hydrogen) atoms. The molecule has 3 nitrogen and oxygen atoms in total. The van der Waals surface area contributed by atoms with Crippen molar-refractivity contribution >= 4 is 10.8 Å². The number of fused-ring (bicyclic) bond motifs is 1. The number of nitrogens with one attached hydrogen (secondary N) is 1. The smallest absolute Gasteiger partial charge is 0.127 e. The molecule has 2 aromatic carbocycles. The van der Waals surface area contributed by atoms with E-state index in [-0.39, 0.29) is 12.6 Å². The first-order chi connectivity index (χ1) is 9.85. The van der Waals surface area contributed by atoms with Crippen molar-refractivity contribution in [2.24, 2.45) is 0 Å². The monoisotopic (exact) mass is 273 g/mol. The van der Waals surface area contributed by atoms with Gasteiger partial charge in [-0.1, -0.05) is 43.3 Å². The Morgan fingerprint density at radius 3 is 2.75 bits per heavy atom. The molecule has 1 unspecified atom stereocenters. The van der Waals surface area contributed by atoms with Crippen molar-refractivity contribution in [3.05, 3.63) is 42.5 Å². The highest BCUT2D eigenvalue weighted by Crippen LogP contribution is 2.25.